The van der Waals surface area contributed by atoms with Crippen molar-refractivity contribution in [1.82, 2.24) is 14.9 Å². The number of aromatic nitrogens is 2. The minimum Gasteiger partial charge on any atom is -0.309 e. The molecule has 1 fully saturated rings. The van der Waals surface area contributed by atoms with Crippen LogP contribution in [0.3, 0.4) is 0 Å². The van der Waals surface area contributed by atoms with Gasteiger partial charge < -0.3 is 9.88 Å². The normalized spacial score (nSPS) is 19.3. The Morgan fingerprint density at radius 1 is 1.44 bits per heavy atom. The maximum absolute atomic E-state index is 5.98. The van der Waals surface area contributed by atoms with E-state index in [1.807, 2.05) is 30.7 Å². The van der Waals surface area contributed by atoms with Crippen molar-refractivity contribution >= 4 is 27.5 Å². The summed E-state index contributed by atoms with van der Waals surface area (Å²) in [7, 11) is 0. The first-order valence-electron chi connectivity index (χ1n) is 5.97. The van der Waals surface area contributed by atoms with Crippen LogP contribution in [-0.4, -0.2) is 16.1 Å². The van der Waals surface area contributed by atoms with Gasteiger partial charge >= 0.3 is 0 Å². The van der Waals surface area contributed by atoms with Gasteiger partial charge in [-0.1, -0.05) is 11.6 Å². The fraction of sp³-hybridized carbons (Fsp3) is 0.308. The molecule has 1 aliphatic heterocycles. The molecule has 0 saturated carbocycles. The molecule has 1 unspecified atom stereocenters. The molecule has 5 heteroatoms. The molecule has 3 nitrogen and oxygen atoms in total. The third-order valence-electron chi connectivity index (χ3n) is 3.25. The molecule has 0 radical (unpaired) electrons. The van der Waals surface area contributed by atoms with Crippen molar-refractivity contribution in [2.75, 3.05) is 6.54 Å². The van der Waals surface area contributed by atoms with Crippen LogP contribution in [0.2, 0.25) is 5.02 Å². The molecular formula is C13H13BrClN3. The summed E-state index contributed by atoms with van der Waals surface area (Å²) in [6, 6.07) is 6.21. The highest BCUT2D eigenvalue weighted by molar-refractivity contribution is 9.10. The number of imidazole rings is 1. The third kappa shape index (κ3) is 2.20. The van der Waals surface area contributed by atoms with Gasteiger partial charge in [0.1, 0.15) is 0 Å². The predicted octanol–water partition coefficient (Wildman–Crippen LogP) is 3.71. The van der Waals surface area contributed by atoms with Crippen molar-refractivity contribution in [2.45, 2.75) is 18.9 Å². The monoisotopic (exact) mass is 325 g/mol. The Balaban J connectivity index is 2.03. The molecule has 1 atom stereocenters. The number of halogens is 2. The van der Waals surface area contributed by atoms with Gasteiger partial charge in [-0.15, -0.1) is 0 Å². The first kappa shape index (κ1) is 12.2. The average molecular weight is 327 g/mol. The van der Waals surface area contributed by atoms with Crippen LogP contribution in [0, 0.1) is 0 Å². The van der Waals surface area contributed by atoms with Crippen LogP contribution in [0.15, 0.2) is 35.2 Å². The molecule has 1 aromatic carbocycles. The van der Waals surface area contributed by atoms with E-state index in [0.29, 0.717) is 6.04 Å². The zero-order valence-corrected chi connectivity index (χ0v) is 12.1. The molecule has 1 saturated heterocycles. The number of nitrogens with zero attached hydrogens (tertiary/aromatic N) is 2. The SMILES string of the molecule is Clc1ccc(-n2cncc2C2CCCN2)c(Br)c1. The number of rotatable bonds is 2. The average Bonchev–Trinajstić information content (AvgIpc) is 2.98. The lowest BCUT2D eigenvalue weighted by atomic mass is 10.1. The van der Waals surface area contributed by atoms with E-state index in [2.05, 4.69) is 30.8 Å². The zero-order valence-electron chi connectivity index (χ0n) is 9.74. The summed E-state index contributed by atoms with van der Waals surface area (Å²) in [6.07, 6.45) is 6.17. The Bertz CT molecular complexity index is 561. The van der Waals surface area contributed by atoms with Gasteiger partial charge in [-0.05, 0) is 53.5 Å². The second-order valence-corrected chi connectivity index (χ2v) is 5.72. The van der Waals surface area contributed by atoms with Crippen LogP contribution in [-0.2, 0) is 0 Å². The predicted molar refractivity (Wildman–Crippen MR) is 76.3 cm³/mol. The number of nitrogens with one attached hydrogen (secondary N) is 1. The Labute approximate surface area is 119 Å². The molecule has 94 valence electrons. The number of hydrogen-bond donors (Lipinski definition) is 1. The van der Waals surface area contributed by atoms with Gasteiger partial charge in [-0.3, -0.25) is 0 Å². The van der Waals surface area contributed by atoms with E-state index in [4.69, 9.17) is 11.6 Å². The highest BCUT2D eigenvalue weighted by atomic mass is 79.9. The summed E-state index contributed by atoms with van der Waals surface area (Å²) in [4.78, 5) is 4.28. The Morgan fingerprint density at radius 2 is 2.33 bits per heavy atom. The van der Waals surface area contributed by atoms with E-state index in [1.165, 1.54) is 12.1 Å². The first-order chi connectivity index (χ1) is 8.75. The van der Waals surface area contributed by atoms with Crippen molar-refractivity contribution < 1.29 is 0 Å². The Morgan fingerprint density at radius 3 is 3.06 bits per heavy atom. The zero-order chi connectivity index (χ0) is 12.5. The van der Waals surface area contributed by atoms with Gasteiger partial charge in [0.25, 0.3) is 0 Å². The molecular weight excluding hydrogens is 314 g/mol. The molecule has 2 heterocycles. The van der Waals surface area contributed by atoms with E-state index in [-0.39, 0.29) is 0 Å². The summed E-state index contributed by atoms with van der Waals surface area (Å²) >= 11 is 9.54. The second-order valence-electron chi connectivity index (χ2n) is 4.43. The van der Waals surface area contributed by atoms with Crippen molar-refractivity contribution in [3.05, 3.63) is 45.9 Å². The summed E-state index contributed by atoms with van der Waals surface area (Å²) in [5.41, 5.74) is 2.27. The number of hydrogen-bond acceptors (Lipinski definition) is 2. The smallest absolute Gasteiger partial charge is 0.0995 e. The molecule has 0 bridgehead atoms. The molecule has 0 amide bonds. The van der Waals surface area contributed by atoms with Crippen LogP contribution in [0.5, 0.6) is 0 Å². The number of benzene rings is 1. The van der Waals surface area contributed by atoms with Crippen LogP contribution >= 0.6 is 27.5 Å². The minimum absolute atomic E-state index is 0.398. The van der Waals surface area contributed by atoms with E-state index in [1.54, 1.807) is 0 Å². The molecule has 3 rings (SSSR count). The van der Waals surface area contributed by atoms with E-state index < -0.39 is 0 Å². The molecule has 1 N–H and O–H groups in total. The highest BCUT2D eigenvalue weighted by Gasteiger charge is 2.20. The maximum Gasteiger partial charge on any atom is 0.0995 e. The lowest BCUT2D eigenvalue weighted by molar-refractivity contribution is 0.615. The summed E-state index contributed by atoms with van der Waals surface area (Å²) in [5.74, 6) is 0. The van der Waals surface area contributed by atoms with Crippen molar-refractivity contribution in [3.8, 4) is 5.69 Å². The highest BCUT2D eigenvalue weighted by Crippen LogP contribution is 2.29. The quantitative estimate of drug-likeness (QED) is 0.911. The van der Waals surface area contributed by atoms with Gasteiger partial charge in [-0.2, -0.15) is 0 Å². The molecule has 1 aromatic heterocycles. The van der Waals surface area contributed by atoms with Gasteiger partial charge in [0.05, 0.1) is 23.9 Å². The van der Waals surface area contributed by atoms with Crippen LogP contribution < -0.4 is 5.32 Å². The summed E-state index contributed by atoms with van der Waals surface area (Å²) < 4.78 is 3.09. The van der Waals surface area contributed by atoms with Crippen molar-refractivity contribution in [2.24, 2.45) is 0 Å². The Hall–Kier alpha value is -0.840. The van der Waals surface area contributed by atoms with Gasteiger partial charge in [0.2, 0.25) is 0 Å². The fourth-order valence-electron chi connectivity index (χ4n) is 2.38. The van der Waals surface area contributed by atoms with E-state index >= 15 is 0 Å². The summed E-state index contributed by atoms with van der Waals surface area (Å²) in [5, 5.41) is 4.23. The minimum atomic E-state index is 0.398. The molecule has 0 spiro atoms. The van der Waals surface area contributed by atoms with Crippen LogP contribution in [0.25, 0.3) is 5.69 Å². The van der Waals surface area contributed by atoms with Crippen molar-refractivity contribution in [1.29, 1.82) is 0 Å². The molecule has 18 heavy (non-hydrogen) atoms. The fourth-order valence-corrected chi connectivity index (χ4v) is 3.25. The second kappa shape index (κ2) is 5.03. The van der Waals surface area contributed by atoms with E-state index in [0.717, 1.165) is 28.1 Å². The third-order valence-corrected chi connectivity index (χ3v) is 4.12. The molecule has 1 aliphatic rings. The topological polar surface area (TPSA) is 29.9 Å². The Kier molecular flexibility index (Phi) is 3.41. The van der Waals surface area contributed by atoms with Gasteiger partial charge in [0.15, 0.2) is 0 Å². The summed E-state index contributed by atoms with van der Waals surface area (Å²) in [6.45, 7) is 1.08. The maximum atomic E-state index is 5.98. The van der Waals surface area contributed by atoms with Gasteiger partial charge in [0, 0.05) is 15.5 Å². The standard InChI is InChI=1S/C13H13BrClN3/c14-10-6-9(15)3-4-12(10)18-8-16-7-13(18)11-2-1-5-17-11/h3-4,6-8,11,17H,1-2,5H2. The molecule has 2 aromatic rings. The van der Waals surface area contributed by atoms with Crippen molar-refractivity contribution in [3.63, 3.8) is 0 Å². The largest absolute Gasteiger partial charge is 0.309 e. The van der Waals surface area contributed by atoms with Crippen LogP contribution in [0.1, 0.15) is 24.6 Å². The first-order valence-corrected chi connectivity index (χ1v) is 7.14. The lowest BCUT2D eigenvalue weighted by Gasteiger charge is -2.15. The van der Waals surface area contributed by atoms with Gasteiger partial charge in [-0.25, -0.2) is 4.98 Å². The lowest BCUT2D eigenvalue weighted by Crippen LogP contribution is -2.16. The van der Waals surface area contributed by atoms with E-state index in [9.17, 15) is 0 Å². The van der Waals surface area contributed by atoms with Crippen LogP contribution in [0.4, 0.5) is 0 Å². The molecule has 0 aliphatic carbocycles.